The molecule has 24 heavy (non-hydrogen) atoms. The van der Waals surface area contributed by atoms with Gasteiger partial charge in [0.05, 0.1) is 6.04 Å². The topological polar surface area (TPSA) is 70.2 Å². The number of carbonyl (C=O) groups is 2. The van der Waals surface area contributed by atoms with Gasteiger partial charge in [-0.3, -0.25) is 15.4 Å². The lowest BCUT2D eigenvalue weighted by Crippen LogP contribution is -2.48. The molecule has 0 bridgehead atoms. The Labute approximate surface area is 145 Å². The average molecular weight is 333 g/mol. The van der Waals surface area contributed by atoms with E-state index in [9.17, 15) is 9.59 Å². The van der Waals surface area contributed by atoms with E-state index in [1.807, 2.05) is 0 Å². The van der Waals surface area contributed by atoms with E-state index in [0.29, 0.717) is 5.92 Å². The highest BCUT2D eigenvalue weighted by molar-refractivity contribution is 5.96. The fraction of sp³-hybridized carbons (Fsp3) is 0.579. The lowest BCUT2D eigenvalue weighted by molar-refractivity contribution is -0.121. The molecule has 2 atom stereocenters. The van der Waals surface area contributed by atoms with Crippen LogP contribution < -0.4 is 16.0 Å². The van der Waals surface area contributed by atoms with Gasteiger partial charge in [-0.25, -0.2) is 4.79 Å². The number of hydrogen-bond acceptors (Lipinski definition) is 3. The summed E-state index contributed by atoms with van der Waals surface area (Å²) in [5.41, 5.74) is 2.52. The standard InChI is InChI=1S/C19H31N3O2/c1-12(2)16(21-13(3)17(23)22-18(24)20-7)14-8-10-15(11-9-14)19(4,5)6/h8-13,16,21H,1-7H3,(H2,20,22,23,24)/t13-,16+/m0/s1. The van der Waals surface area contributed by atoms with Crippen molar-refractivity contribution in [3.05, 3.63) is 35.4 Å². The van der Waals surface area contributed by atoms with Crippen LogP contribution in [0.3, 0.4) is 0 Å². The van der Waals surface area contributed by atoms with Gasteiger partial charge in [-0.05, 0) is 29.4 Å². The first-order chi connectivity index (χ1) is 11.1. The van der Waals surface area contributed by atoms with E-state index in [2.05, 4.69) is 74.8 Å². The van der Waals surface area contributed by atoms with E-state index >= 15 is 0 Å². The Morgan fingerprint density at radius 3 is 1.96 bits per heavy atom. The third kappa shape index (κ3) is 5.64. The van der Waals surface area contributed by atoms with Crippen molar-refractivity contribution >= 4 is 11.9 Å². The first-order valence-electron chi connectivity index (χ1n) is 8.45. The predicted molar refractivity (Wildman–Crippen MR) is 97.9 cm³/mol. The van der Waals surface area contributed by atoms with Crippen molar-refractivity contribution in [2.24, 2.45) is 5.92 Å². The molecule has 0 aromatic heterocycles. The zero-order valence-electron chi connectivity index (χ0n) is 15.9. The van der Waals surface area contributed by atoms with Crippen LogP contribution in [0.15, 0.2) is 24.3 Å². The van der Waals surface area contributed by atoms with E-state index in [-0.39, 0.29) is 17.4 Å². The number of carbonyl (C=O) groups excluding carboxylic acids is 2. The molecule has 0 aliphatic heterocycles. The van der Waals surface area contributed by atoms with Gasteiger partial charge in [0.1, 0.15) is 0 Å². The molecule has 0 unspecified atom stereocenters. The highest BCUT2D eigenvalue weighted by atomic mass is 16.2. The van der Waals surface area contributed by atoms with Crippen molar-refractivity contribution in [3.63, 3.8) is 0 Å². The van der Waals surface area contributed by atoms with E-state index < -0.39 is 12.1 Å². The van der Waals surface area contributed by atoms with Crippen LogP contribution in [0.2, 0.25) is 0 Å². The number of urea groups is 1. The molecule has 0 saturated heterocycles. The largest absolute Gasteiger partial charge is 0.341 e. The van der Waals surface area contributed by atoms with Crippen molar-refractivity contribution in [2.75, 3.05) is 7.05 Å². The van der Waals surface area contributed by atoms with Crippen LogP contribution in [0.25, 0.3) is 0 Å². The van der Waals surface area contributed by atoms with Gasteiger partial charge in [0.25, 0.3) is 0 Å². The molecule has 1 aromatic rings. The number of hydrogen-bond donors (Lipinski definition) is 3. The summed E-state index contributed by atoms with van der Waals surface area (Å²) in [7, 11) is 1.48. The molecule has 5 heteroatoms. The van der Waals surface area contributed by atoms with Crippen LogP contribution in [0.4, 0.5) is 4.79 Å². The molecule has 0 saturated carbocycles. The zero-order valence-corrected chi connectivity index (χ0v) is 15.9. The summed E-state index contributed by atoms with van der Waals surface area (Å²) in [6.07, 6.45) is 0. The van der Waals surface area contributed by atoms with Crippen molar-refractivity contribution in [1.29, 1.82) is 0 Å². The van der Waals surface area contributed by atoms with Gasteiger partial charge in [-0.2, -0.15) is 0 Å². The second kappa shape index (κ2) is 8.29. The van der Waals surface area contributed by atoms with Crippen molar-refractivity contribution in [2.45, 2.75) is 59.0 Å². The molecular formula is C19H31N3O2. The zero-order chi connectivity index (χ0) is 18.5. The molecule has 0 spiro atoms. The maximum atomic E-state index is 12.1. The third-order valence-corrected chi connectivity index (χ3v) is 4.09. The molecule has 0 radical (unpaired) electrons. The van der Waals surface area contributed by atoms with Crippen molar-refractivity contribution in [3.8, 4) is 0 Å². The summed E-state index contributed by atoms with van der Waals surface area (Å²) < 4.78 is 0. The quantitative estimate of drug-likeness (QED) is 0.775. The van der Waals surface area contributed by atoms with Gasteiger partial charge in [0.15, 0.2) is 0 Å². The Morgan fingerprint density at radius 2 is 1.54 bits per heavy atom. The lowest BCUT2D eigenvalue weighted by Gasteiger charge is -2.27. The third-order valence-electron chi connectivity index (χ3n) is 4.09. The number of imide groups is 1. The maximum Gasteiger partial charge on any atom is 0.321 e. The molecule has 1 aromatic carbocycles. The lowest BCUT2D eigenvalue weighted by atomic mass is 9.85. The van der Waals surface area contributed by atoms with Gasteiger partial charge in [-0.15, -0.1) is 0 Å². The summed E-state index contributed by atoms with van der Waals surface area (Å²) in [6, 6.07) is 7.57. The minimum atomic E-state index is -0.496. The Kier molecular flexibility index (Phi) is 6.96. The van der Waals surface area contributed by atoms with Crippen LogP contribution >= 0.6 is 0 Å². The van der Waals surface area contributed by atoms with Crippen LogP contribution in [-0.2, 0) is 10.2 Å². The average Bonchev–Trinajstić information content (AvgIpc) is 2.51. The van der Waals surface area contributed by atoms with E-state index in [4.69, 9.17) is 0 Å². The van der Waals surface area contributed by atoms with Gasteiger partial charge in [0, 0.05) is 13.1 Å². The van der Waals surface area contributed by atoms with Crippen LogP contribution in [0, 0.1) is 5.92 Å². The second-order valence-electron chi connectivity index (χ2n) is 7.55. The molecule has 3 amide bonds. The monoisotopic (exact) mass is 333 g/mol. The van der Waals surface area contributed by atoms with Crippen LogP contribution in [-0.4, -0.2) is 25.0 Å². The molecular weight excluding hydrogens is 302 g/mol. The van der Waals surface area contributed by atoms with E-state index in [1.165, 1.54) is 12.6 Å². The highest BCUT2D eigenvalue weighted by Crippen LogP contribution is 2.27. The fourth-order valence-electron chi connectivity index (χ4n) is 2.49. The van der Waals surface area contributed by atoms with Gasteiger partial charge < -0.3 is 5.32 Å². The van der Waals surface area contributed by atoms with Gasteiger partial charge in [-0.1, -0.05) is 58.9 Å². The van der Waals surface area contributed by atoms with E-state index in [1.54, 1.807) is 6.92 Å². The summed E-state index contributed by atoms with van der Waals surface area (Å²) in [5, 5.41) is 8.01. The summed E-state index contributed by atoms with van der Waals surface area (Å²) in [6.45, 7) is 12.5. The second-order valence-corrected chi connectivity index (χ2v) is 7.55. The Hall–Kier alpha value is -1.88. The number of rotatable bonds is 5. The van der Waals surface area contributed by atoms with Crippen molar-refractivity contribution in [1.82, 2.24) is 16.0 Å². The number of amides is 3. The Balaban J connectivity index is 2.87. The minimum Gasteiger partial charge on any atom is -0.341 e. The first-order valence-corrected chi connectivity index (χ1v) is 8.45. The Bertz CT molecular complexity index is 559. The molecule has 5 nitrogen and oxygen atoms in total. The number of nitrogens with one attached hydrogen (secondary N) is 3. The van der Waals surface area contributed by atoms with Crippen LogP contribution in [0.1, 0.15) is 58.7 Å². The van der Waals surface area contributed by atoms with Gasteiger partial charge in [0.2, 0.25) is 5.91 Å². The molecule has 134 valence electrons. The summed E-state index contributed by atoms with van der Waals surface area (Å²) in [4.78, 5) is 23.3. The molecule has 0 aliphatic carbocycles. The molecule has 3 N–H and O–H groups in total. The van der Waals surface area contributed by atoms with Crippen LogP contribution in [0.5, 0.6) is 0 Å². The molecule has 0 fully saturated rings. The highest BCUT2D eigenvalue weighted by Gasteiger charge is 2.23. The smallest absolute Gasteiger partial charge is 0.321 e. The Morgan fingerprint density at radius 1 is 1.00 bits per heavy atom. The minimum absolute atomic E-state index is 0.0319. The van der Waals surface area contributed by atoms with E-state index in [0.717, 1.165) is 5.56 Å². The SMILES string of the molecule is CNC(=O)NC(=O)[C@H](C)N[C@@H](c1ccc(C(C)(C)C)cc1)C(C)C. The van der Waals surface area contributed by atoms with Crippen molar-refractivity contribution < 1.29 is 9.59 Å². The van der Waals surface area contributed by atoms with Gasteiger partial charge >= 0.3 is 6.03 Å². The normalized spacial score (nSPS) is 14.2. The molecule has 1 rings (SSSR count). The summed E-state index contributed by atoms with van der Waals surface area (Å²) in [5.74, 6) is -0.0351. The summed E-state index contributed by atoms with van der Waals surface area (Å²) >= 11 is 0. The maximum absolute atomic E-state index is 12.1. The first kappa shape index (κ1) is 20.2. The fourth-order valence-corrected chi connectivity index (χ4v) is 2.49. The number of benzene rings is 1. The molecule has 0 heterocycles. The molecule has 0 aliphatic rings. The predicted octanol–water partition coefficient (Wildman–Crippen LogP) is 3.11.